The van der Waals surface area contributed by atoms with Gasteiger partial charge in [0.1, 0.15) is 11.1 Å². The summed E-state index contributed by atoms with van der Waals surface area (Å²) in [5.74, 6) is 0.0386. The van der Waals surface area contributed by atoms with Gasteiger partial charge in [-0.2, -0.15) is 5.26 Å². The fraction of sp³-hybridized carbons (Fsp3) is 0.235. The lowest BCUT2D eigenvalue weighted by Crippen LogP contribution is -2.48. The summed E-state index contributed by atoms with van der Waals surface area (Å²) in [6.07, 6.45) is 0.274. The molecule has 0 radical (unpaired) electrons. The molecule has 4 rings (SSSR count). The number of aliphatic imine (C=N–C) groups is 1. The van der Waals surface area contributed by atoms with Crippen LogP contribution in [0.1, 0.15) is 27.2 Å². The molecular weight excluding hydrogens is 346 g/mol. The smallest absolute Gasteiger partial charge is 0.205 e. The van der Waals surface area contributed by atoms with Crippen molar-refractivity contribution in [1.82, 2.24) is 0 Å². The molecule has 2 aliphatic heterocycles. The number of Topliss-reactive ketones (excluding diaryl/α,β-unsaturated/α-hetero) is 1. The molecule has 1 aromatic heterocycles. The van der Waals surface area contributed by atoms with Crippen LogP contribution >= 0.6 is 22.9 Å². The first-order valence-electron chi connectivity index (χ1n) is 7.38. The number of carbonyl (C=O) groups is 1. The molecule has 1 saturated heterocycles. The van der Waals surface area contributed by atoms with Crippen LogP contribution in [0, 0.1) is 18.3 Å². The number of ketones is 1. The molecule has 5 nitrogen and oxygen atoms in total. The molecule has 2 aliphatic rings. The minimum Gasteiger partial charge on any atom is -0.374 e. The van der Waals surface area contributed by atoms with Crippen LogP contribution in [0.3, 0.4) is 0 Å². The lowest BCUT2D eigenvalue weighted by atomic mass is 9.90. The number of rotatable bonds is 1. The molecule has 7 heteroatoms. The van der Waals surface area contributed by atoms with E-state index in [-0.39, 0.29) is 12.2 Å². The van der Waals surface area contributed by atoms with Crippen LogP contribution in [0.5, 0.6) is 0 Å². The normalized spacial score (nSPS) is 22.0. The van der Waals surface area contributed by atoms with E-state index in [2.05, 4.69) is 4.99 Å². The van der Waals surface area contributed by atoms with E-state index in [1.165, 1.54) is 11.3 Å². The van der Waals surface area contributed by atoms with Crippen LogP contribution in [-0.2, 0) is 0 Å². The van der Waals surface area contributed by atoms with Gasteiger partial charge in [0.15, 0.2) is 11.4 Å². The summed E-state index contributed by atoms with van der Waals surface area (Å²) >= 11 is 7.55. The van der Waals surface area contributed by atoms with Crippen LogP contribution in [0.2, 0.25) is 5.02 Å². The Bertz CT molecular complexity index is 959. The van der Waals surface area contributed by atoms with Gasteiger partial charge in [0.05, 0.1) is 16.1 Å². The lowest BCUT2D eigenvalue weighted by molar-refractivity contribution is 0.0603. The van der Waals surface area contributed by atoms with Crippen molar-refractivity contribution in [3.05, 3.63) is 45.3 Å². The van der Waals surface area contributed by atoms with Crippen molar-refractivity contribution in [2.45, 2.75) is 18.9 Å². The first kappa shape index (κ1) is 15.3. The Kier molecular flexibility index (Phi) is 3.29. The third-order valence-electron chi connectivity index (χ3n) is 4.37. The quantitative estimate of drug-likeness (QED) is 0.848. The van der Waals surface area contributed by atoms with Crippen molar-refractivity contribution in [2.75, 3.05) is 11.4 Å². The van der Waals surface area contributed by atoms with Crippen LogP contribution < -0.4 is 4.90 Å². The molecule has 2 aromatic rings. The average molecular weight is 358 g/mol. The average Bonchev–Trinajstić information content (AvgIpc) is 3.09. The second-order valence-corrected chi connectivity index (χ2v) is 7.52. The van der Waals surface area contributed by atoms with Crippen LogP contribution in [0.15, 0.2) is 29.3 Å². The maximum atomic E-state index is 12.8. The molecule has 0 unspecified atom stereocenters. The van der Waals surface area contributed by atoms with Crippen molar-refractivity contribution in [3.8, 4) is 6.07 Å². The Morgan fingerprint density at radius 3 is 2.96 bits per heavy atom. The van der Waals surface area contributed by atoms with E-state index in [1.54, 1.807) is 29.2 Å². The number of nitriles is 1. The van der Waals surface area contributed by atoms with Crippen molar-refractivity contribution in [3.63, 3.8) is 0 Å². The number of hydrogen-bond acceptors (Lipinski definition) is 6. The fourth-order valence-corrected chi connectivity index (χ4v) is 4.26. The zero-order chi connectivity index (χ0) is 17.1. The van der Waals surface area contributed by atoms with Gasteiger partial charge in [-0.05, 0) is 31.2 Å². The second kappa shape index (κ2) is 5.15. The summed E-state index contributed by atoms with van der Waals surface area (Å²) in [6.45, 7) is 2.37. The molecule has 3 heterocycles. The van der Waals surface area contributed by atoms with Gasteiger partial charge in [0, 0.05) is 23.5 Å². The molecule has 1 N–H and O–H groups in total. The third kappa shape index (κ3) is 2.02. The van der Waals surface area contributed by atoms with Gasteiger partial charge in [0.2, 0.25) is 5.78 Å². The summed E-state index contributed by atoms with van der Waals surface area (Å²) in [5, 5.41) is 20.9. The highest BCUT2D eigenvalue weighted by Gasteiger charge is 2.52. The van der Waals surface area contributed by atoms with Crippen LogP contribution in [-0.4, -0.2) is 28.9 Å². The van der Waals surface area contributed by atoms with Crippen molar-refractivity contribution in [1.29, 1.82) is 5.26 Å². The maximum Gasteiger partial charge on any atom is 0.205 e. The highest BCUT2D eigenvalue weighted by atomic mass is 35.5. The molecule has 1 fully saturated rings. The number of hydrogen-bond donors (Lipinski definition) is 1. The number of fused-ring (bicyclic) bond motifs is 2. The summed E-state index contributed by atoms with van der Waals surface area (Å²) in [7, 11) is 0. The van der Waals surface area contributed by atoms with Gasteiger partial charge in [-0.1, -0.05) is 11.6 Å². The molecular formula is C17H12ClN3O2S. The van der Waals surface area contributed by atoms with Gasteiger partial charge in [-0.3, -0.25) is 4.79 Å². The molecule has 0 bridgehead atoms. The predicted octanol–water partition coefficient (Wildman–Crippen LogP) is 3.45. The Labute approximate surface area is 147 Å². The minimum absolute atomic E-state index is 0.274. The van der Waals surface area contributed by atoms with E-state index in [1.807, 2.05) is 13.0 Å². The largest absolute Gasteiger partial charge is 0.374 e. The standard InChI is InChI=1S/C17H12ClN3O2S/c1-9-6-12-14(22)17(23)4-5-21(16(17)20-15(12)24-9)11-3-2-10(8-19)13(18)7-11/h2-3,6-7,23H,4-5H2,1H3/t17-/m1/s1. The Hall–Kier alpha value is -2.20. The van der Waals surface area contributed by atoms with E-state index < -0.39 is 5.60 Å². The number of nitrogens with zero attached hydrogens (tertiary/aromatic N) is 3. The molecule has 1 atom stereocenters. The summed E-state index contributed by atoms with van der Waals surface area (Å²) in [5.41, 5.74) is -0.0182. The number of aliphatic hydroxyl groups is 1. The highest BCUT2D eigenvalue weighted by molar-refractivity contribution is 7.16. The second-order valence-electron chi connectivity index (χ2n) is 5.88. The van der Waals surface area contributed by atoms with Gasteiger partial charge in [-0.25, -0.2) is 4.99 Å². The van der Waals surface area contributed by atoms with E-state index in [0.717, 1.165) is 4.88 Å². The summed E-state index contributed by atoms with van der Waals surface area (Å²) < 4.78 is 0. The molecule has 24 heavy (non-hydrogen) atoms. The minimum atomic E-state index is -1.60. The maximum absolute atomic E-state index is 12.8. The first-order valence-corrected chi connectivity index (χ1v) is 8.57. The number of aryl methyl sites for hydroxylation is 1. The van der Waals surface area contributed by atoms with Crippen molar-refractivity contribution < 1.29 is 9.90 Å². The topological polar surface area (TPSA) is 76.7 Å². The number of thiophene rings is 1. The number of halogens is 1. The molecule has 0 aliphatic carbocycles. The number of carbonyl (C=O) groups excluding carboxylic acids is 1. The lowest BCUT2D eigenvalue weighted by Gasteiger charge is -2.28. The SMILES string of the molecule is Cc1cc2c(s1)N=C1N(c3ccc(C#N)c(Cl)c3)CC[C@@]1(O)C2=O. The van der Waals surface area contributed by atoms with Gasteiger partial charge in [0.25, 0.3) is 0 Å². The van der Waals surface area contributed by atoms with E-state index in [0.29, 0.717) is 39.2 Å². The van der Waals surface area contributed by atoms with Gasteiger partial charge in [-0.15, -0.1) is 11.3 Å². The number of anilines is 1. The number of benzene rings is 1. The zero-order valence-electron chi connectivity index (χ0n) is 12.7. The van der Waals surface area contributed by atoms with E-state index in [9.17, 15) is 9.90 Å². The zero-order valence-corrected chi connectivity index (χ0v) is 14.3. The molecule has 120 valence electrons. The third-order valence-corrected chi connectivity index (χ3v) is 5.63. The fourth-order valence-electron chi connectivity index (χ4n) is 3.16. The highest BCUT2D eigenvalue weighted by Crippen LogP contribution is 2.43. The van der Waals surface area contributed by atoms with Crippen LogP contribution in [0.4, 0.5) is 10.7 Å². The molecule has 0 spiro atoms. The Morgan fingerprint density at radius 2 is 2.25 bits per heavy atom. The van der Waals surface area contributed by atoms with Gasteiger partial charge >= 0.3 is 0 Å². The monoisotopic (exact) mass is 357 g/mol. The van der Waals surface area contributed by atoms with E-state index >= 15 is 0 Å². The summed E-state index contributed by atoms with van der Waals surface area (Å²) in [6, 6.07) is 8.83. The Balaban J connectivity index is 1.84. The van der Waals surface area contributed by atoms with Crippen molar-refractivity contribution in [2.24, 2.45) is 4.99 Å². The first-order chi connectivity index (χ1) is 11.4. The molecule has 1 aromatic carbocycles. The summed E-state index contributed by atoms with van der Waals surface area (Å²) in [4.78, 5) is 20.1. The molecule has 0 saturated carbocycles. The predicted molar refractivity (Wildman–Crippen MR) is 93.6 cm³/mol. The Morgan fingerprint density at radius 1 is 1.46 bits per heavy atom. The number of amidine groups is 1. The van der Waals surface area contributed by atoms with Crippen molar-refractivity contribution >= 4 is 45.2 Å². The van der Waals surface area contributed by atoms with Gasteiger partial charge < -0.3 is 10.0 Å². The van der Waals surface area contributed by atoms with E-state index in [4.69, 9.17) is 16.9 Å². The van der Waals surface area contributed by atoms with Crippen LogP contribution in [0.25, 0.3) is 0 Å². The molecule has 0 amide bonds.